The van der Waals surface area contributed by atoms with E-state index in [1.165, 1.54) is 12.4 Å². The van der Waals surface area contributed by atoms with Gasteiger partial charge in [-0.15, -0.1) is 0 Å². The number of nitrogens with one attached hydrogen (secondary N) is 3. The number of carbonyl (C=O) groups excluding carboxylic acids is 2. The lowest BCUT2D eigenvalue weighted by molar-refractivity contribution is -0.115. The molecule has 3 N–H and O–H groups in total. The Bertz CT molecular complexity index is 1230. The van der Waals surface area contributed by atoms with Gasteiger partial charge in [-0.05, 0) is 24.3 Å². The highest BCUT2D eigenvalue weighted by atomic mass is 16.2. The first-order chi connectivity index (χ1) is 14.1. The first-order valence-corrected chi connectivity index (χ1v) is 8.75. The summed E-state index contributed by atoms with van der Waals surface area (Å²) in [5.74, 6) is -0.405. The minimum atomic E-state index is -0.624. The summed E-state index contributed by atoms with van der Waals surface area (Å²) < 4.78 is 1.73. The molecule has 0 spiro atoms. The minimum absolute atomic E-state index is 0.0529. The number of rotatable bonds is 5. The normalized spacial score (nSPS) is 10.6. The number of amides is 2. The van der Waals surface area contributed by atoms with Crippen molar-refractivity contribution in [3.63, 3.8) is 0 Å². The molecule has 0 saturated heterocycles. The van der Waals surface area contributed by atoms with Gasteiger partial charge in [0.1, 0.15) is 17.7 Å². The third-order valence-electron chi connectivity index (χ3n) is 4.24. The van der Waals surface area contributed by atoms with Crippen LogP contribution in [0.1, 0.15) is 10.4 Å². The highest BCUT2D eigenvalue weighted by Crippen LogP contribution is 2.09. The summed E-state index contributed by atoms with van der Waals surface area (Å²) in [5.41, 5.74) is 0.675. The van der Waals surface area contributed by atoms with E-state index >= 15 is 0 Å². The fourth-order valence-corrected chi connectivity index (χ4v) is 2.80. The summed E-state index contributed by atoms with van der Waals surface area (Å²) in [5, 5.41) is 5.50. The number of aromatic amines is 1. The molecule has 0 bridgehead atoms. The van der Waals surface area contributed by atoms with Crippen molar-refractivity contribution in [3.8, 4) is 5.82 Å². The number of anilines is 1. The van der Waals surface area contributed by atoms with Crippen molar-refractivity contribution in [1.29, 1.82) is 0 Å². The maximum Gasteiger partial charge on any atom is 0.257 e. The van der Waals surface area contributed by atoms with E-state index in [0.717, 1.165) is 0 Å². The van der Waals surface area contributed by atoms with Gasteiger partial charge in [-0.2, -0.15) is 0 Å². The van der Waals surface area contributed by atoms with Gasteiger partial charge in [0.15, 0.2) is 0 Å². The van der Waals surface area contributed by atoms with Crippen LogP contribution in [-0.4, -0.2) is 37.9 Å². The molecule has 144 valence electrons. The van der Waals surface area contributed by atoms with Crippen LogP contribution in [0.5, 0.6) is 0 Å². The molecule has 0 radical (unpaired) electrons. The van der Waals surface area contributed by atoms with Crippen LogP contribution in [0.25, 0.3) is 16.7 Å². The number of nitrogens with zero attached hydrogens (tertiary/aromatic N) is 3. The van der Waals surface area contributed by atoms with Gasteiger partial charge in [0.25, 0.3) is 5.91 Å². The molecule has 4 rings (SSSR count). The fourth-order valence-electron chi connectivity index (χ4n) is 2.80. The number of para-hydroxylation sites is 1. The van der Waals surface area contributed by atoms with Crippen molar-refractivity contribution in [3.05, 3.63) is 83.3 Å². The molecule has 29 heavy (non-hydrogen) atoms. The van der Waals surface area contributed by atoms with E-state index in [1.807, 2.05) is 0 Å². The van der Waals surface area contributed by atoms with Crippen molar-refractivity contribution in [2.24, 2.45) is 0 Å². The maximum absolute atomic E-state index is 12.4. The lowest BCUT2D eigenvalue weighted by Crippen LogP contribution is -2.35. The number of aromatic nitrogens is 4. The molecule has 0 aliphatic carbocycles. The Hall–Kier alpha value is -4.27. The van der Waals surface area contributed by atoms with Gasteiger partial charge in [-0.1, -0.05) is 12.1 Å². The predicted molar refractivity (Wildman–Crippen MR) is 107 cm³/mol. The first kappa shape index (κ1) is 18.1. The molecule has 9 heteroatoms. The zero-order valence-corrected chi connectivity index (χ0v) is 15.1. The number of benzene rings is 1. The molecule has 3 aromatic heterocycles. The second-order valence-electron chi connectivity index (χ2n) is 6.18. The summed E-state index contributed by atoms with van der Waals surface area (Å²) in [6.07, 6.45) is 7.86. The zero-order valence-electron chi connectivity index (χ0n) is 15.1. The SMILES string of the molecule is O=C(CNC(=O)c1c[nH]c2ccccc2c1=O)Nc1ccc(-n2ccnc2)nc1. The quantitative estimate of drug-likeness (QED) is 0.478. The molecule has 4 aromatic rings. The number of hydrogen-bond acceptors (Lipinski definition) is 5. The van der Waals surface area contributed by atoms with Crippen molar-refractivity contribution >= 4 is 28.4 Å². The van der Waals surface area contributed by atoms with E-state index < -0.39 is 17.2 Å². The smallest absolute Gasteiger partial charge is 0.257 e. The van der Waals surface area contributed by atoms with Crippen LogP contribution in [0.2, 0.25) is 0 Å². The molecule has 0 unspecified atom stereocenters. The molecule has 0 fully saturated rings. The van der Waals surface area contributed by atoms with Crippen LogP contribution in [0.15, 0.2) is 72.3 Å². The molecule has 3 heterocycles. The summed E-state index contributed by atoms with van der Waals surface area (Å²) in [6.45, 7) is -0.283. The Kier molecular flexibility index (Phi) is 4.85. The Balaban J connectivity index is 1.38. The van der Waals surface area contributed by atoms with Gasteiger partial charge in [-0.25, -0.2) is 9.97 Å². The first-order valence-electron chi connectivity index (χ1n) is 8.75. The van der Waals surface area contributed by atoms with Crippen molar-refractivity contribution < 1.29 is 9.59 Å². The van der Waals surface area contributed by atoms with E-state index in [0.29, 0.717) is 22.4 Å². The van der Waals surface area contributed by atoms with Gasteiger partial charge in [0.2, 0.25) is 11.3 Å². The Labute approximate surface area is 164 Å². The third kappa shape index (κ3) is 3.88. The van der Waals surface area contributed by atoms with Crippen molar-refractivity contribution in [1.82, 2.24) is 24.8 Å². The lowest BCUT2D eigenvalue weighted by Gasteiger charge is -2.08. The van der Waals surface area contributed by atoms with Crippen LogP contribution < -0.4 is 16.1 Å². The molecule has 0 atom stereocenters. The number of imidazole rings is 1. The molecule has 1 aromatic carbocycles. The van der Waals surface area contributed by atoms with Crippen LogP contribution in [-0.2, 0) is 4.79 Å². The summed E-state index contributed by atoms with van der Waals surface area (Å²) in [6, 6.07) is 10.3. The molecule has 0 saturated carbocycles. The number of fused-ring (bicyclic) bond motifs is 1. The molecule has 0 aliphatic heterocycles. The van der Waals surface area contributed by atoms with Gasteiger partial charge in [-0.3, -0.25) is 19.0 Å². The molecular formula is C20H16N6O3. The summed E-state index contributed by atoms with van der Waals surface area (Å²) in [7, 11) is 0. The number of hydrogen-bond donors (Lipinski definition) is 3. The average Bonchev–Trinajstić information content (AvgIpc) is 3.28. The van der Waals surface area contributed by atoms with Gasteiger partial charge < -0.3 is 15.6 Å². The molecule has 0 aliphatic rings. The Morgan fingerprint density at radius 3 is 2.76 bits per heavy atom. The largest absolute Gasteiger partial charge is 0.360 e. The van der Waals surface area contributed by atoms with Crippen LogP contribution >= 0.6 is 0 Å². The number of pyridine rings is 2. The monoisotopic (exact) mass is 388 g/mol. The van der Waals surface area contributed by atoms with Crippen LogP contribution in [0.4, 0.5) is 5.69 Å². The highest BCUT2D eigenvalue weighted by Gasteiger charge is 2.14. The third-order valence-corrected chi connectivity index (χ3v) is 4.24. The number of H-pyrrole nitrogens is 1. The van der Waals surface area contributed by atoms with Crippen LogP contribution in [0, 0.1) is 0 Å². The predicted octanol–water partition coefficient (Wildman–Crippen LogP) is 1.48. The molecule has 2 amide bonds. The van der Waals surface area contributed by atoms with Crippen molar-refractivity contribution in [2.45, 2.75) is 0 Å². The van der Waals surface area contributed by atoms with Gasteiger partial charge >= 0.3 is 0 Å². The Morgan fingerprint density at radius 1 is 1.14 bits per heavy atom. The summed E-state index contributed by atoms with van der Waals surface area (Å²) in [4.78, 5) is 47.9. The standard InChI is InChI=1S/C20H16N6O3/c27-18(25-13-5-6-17(23-9-13)26-8-7-21-12-26)11-24-20(29)15-10-22-16-4-2-1-3-14(16)19(15)28/h1-10,12H,11H2,(H,22,28)(H,24,29)(H,25,27). The van der Waals surface area contributed by atoms with Crippen molar-refractivity contribution in [2.75, 3.05) is 11.9 Å². The van der Waals surface area contributed by atoms with E-state index in [2.05, 4.69) is 25.6 Å². The topological polar surface area (TPSA) is 122 Å². The van der Waals surface area contributed by atoms with E-state index in [-0.39, 0.29) is 12.1 Å². The second-order valence-corrected chi connectivity index (χ2v) is 6.18. The van der Waals surface area contributed by atoms with Gasteiger partial charge in [0, 0.05) is 29.5 Å². The van der Waals surface area contributed by atoms with E-state index in [1.54, 1.807) is 59.7 Å². The minimum Gasteiger partial charge on any atom is -0.360 e. The Morgan fingerprint density at radius 2 is 2.00 bits per heavy atom. The highest BCUT2D eigenvalue weighted by molar-refractivity contribution is 6.00. The van der Waals surface area contributed by atoms with Crippen LogP contribution in [0.3, 0.4) is 0 Å². The summed E-state index contributed by atoms with van der Waals surface area (Å²) >= 11 is 0. The number of carbonyl (C=O) groups is 2. The average molecular weight is 388 g/mol. The lowest BCUT2D eigenvalue weighted by atomic mass is 10.1. The zero-order chi connectivity index (χ0) is 20.2. The maximum atomic E-state index is 12.4. The molecule has 9 nitrogen and oxygen atoms in total. The van der Waals surface area contributed by atoms with Gasteiger partial charge in [0.05, 0.1) is 18.4 Å². The van der Waals surface area contributed by atoms with E-state index in [9.17, 15) is 14.4 Å². The van der Waals surface area contributed by atoms with E-state index in [4.69, 9.17) is 0 Å². The molecular weight excluding hydrogens is 372 g/mol. The fraction of sp³-hybridized carbons (Fsp3) is 0.0500. The second kappa shape index (κ2) is 7.77.